The molecule has 0 radical (unpaired) electrons. The van der Waals surface area contributed by atoms with Crippen molar-refractivity contribution in [3.63, 3.8) is 0 Å². The van der Waals surface area contributed by atoms with Gasteiger partial charge in [-0.3, -0.25) is 4.79 Å². The molecule has 0 fully saturated rings. The molecular weight excluding hydrogens is 306 g/mol. The van der Waals surface area contributed by atoms with Crippen molar-refractivity contribution in [3.05, 3.63) is 71.2 Å². The number of hydrogen-bond acceptors (Lipinski definition) is 4. The Bertz CT molecular complexity index is 771. The van der Waals surface area contributed by atoms with Crippen LogP contribution in [0, 0.1) is 0 Å². The predicted molar refractivity (Wildman–Crippen MR) is 92.0 cm³/mol. The molecule has 4 nitrogen and oxygen atoms in total. The molecule has 2 aromatic carbocycles. The van der Waals surface area contributed by atoms with Gasteiger partial charge in [-0.05, 0) is 12.5 Å². The molecule has 0 saturated carbocycles. The number of carbonyl (C=O) groups excluding carboxylic acids is 1. The molecule has 1 N–H and O–H groups in total. The molecule has 116 valence electrons. The highest BCUT2D eigenvalue weighted by Gasteiger charge is 2.15. The van der Waals surface area contributed by atoms with E-state index < -0.39 is 0 Å². The maximum atomic E-state index is 12.2. The predicted octanol–water partition coefficient (Wildman–Crippen LogP) is 3.63. The van der Waals surface area contributed by atoms with Crippen LogP contribution in [-0.4, -0.2) is 16.1 Å². The van der Waals surface area contributed by atoms with Crippen LogP contribution in [0.4, 0.5) is 0 Å². The Balaban J connectivity index is 1.61. The molecule has 1 unspecified atom stereocenters. The summed E-state index contributed by atoms with van der Waals surface area (Å²) in [6, 6.07) is 19.7. The number of aromatic nitrogens is 2. The average molecular weight is 323 g/mol. The van der Waals surface area contributed by atoms with Gasteiger partial charge in [-0.25, -0.2) is 0 Å². The number of carbonyl (C=O) groups is 1. The highest BCUT2D eigenvalue weighted by atomic mass is 32.1. The van der Waals surface area contributed by atoms with Crippen molar-refractivity contribution < 1.29 is 4.79 Å². The molecule has 23 heavy (non-hydrogen) atoms. The van der Waals surface area contributed by atoms with Crippen LogP contribution >= 0.6 is 11.3 Å². The van der Waals surface area contributed by atoms with Crippen molar-refractivity contribution in [2.45, 2.75) is 19.4 Å². The Morgan fingerprint density at radius 1 is 1.04 bits per heavy atom. The fourth-order valence-electron chi connectivity index (χ4n) is 2.23. The Morgan fingerprint density at radius 3 is 2.39 bits per heavy atom. The van der Waals surface area contributed by atoms with E-state index in [1.807, 2.05) is 67.6 Å². The minimum Gasteiger partial charge on any atom is -0.349 e. The fourth-order valence-corrected chi connectivity index (χ4v) is 3.02. The topological polar surface area (TPSA) is 54.9 Å². The van der Waals surface area contributed by atoms with Crippen LogP contribution in [0.2, 0.25) is 0 Å². The van der Waals surface area contributed by atoms with Gasteiger partial charge in [-0.1, -0.05) is 72.0 Å². The lowest BCUT2D eigenvalue weighted by atomic mass is 10.0. The molecule has 0 saturated heterocycles. The fraction of sp³-hybridized carbons (Fsp3) is 0.167. The van der Waals surface area contributed by atoms with Gasteiger partial charge < -0.3 is 5.32 Å². The third-order valence-electron chi connectivity index (χ3n) is 3.59. The molecule has 0 bridgehead atoms. The molecule has 0 aliphatic rings. The Labute approximate surface area is 139 Å². The number of rotatable bonds is 5. The van der Waals surface area contributed by atoms with E-state index in [1.165, 1.54) is 11.3 Å². The molecule has 1 atom stereocenters. The summed E-state index contributed by atoms with van der Waals surface area (Å²) >= 11 is 1.50. The highest BCUT2D eigenvalue weighted by Crippen LogP contribution is 2.23. The van der Waals surface area contributed by atoms with Crippen LogP contribution in [0.25, 0.3) is 10.6 Å². The van der Waals surface area contributed by atoms with E-state index in [1.54, 1.807) is 0 Å². The first kappa shape index (κ1) is 15.4. The summed E-state index contributed by atoms with van der Waals surface area (Å²) in [5.74, 6) is -0.189. The Morgan fingerprint density at radius 2 is 1.70 bits per heavy atom. The quantitative estimate of drug-likeness (QED) is 0.780. The molecule has 5 heteroatoms. The molecule has 0 aliphatic carbocycles. The maximum absolute atomic E-state index is 12.2. The van der Waals surface area contributed by atoms with Gasteiger partial charge in [0.05, 0.1) is 12.5 Å². The van der Waals surface area contributed by atoms with Gasteiger partial charge in [0.1, 0.15) is 10.0 Å². The van der Waals surface area contributed by atoms with Crippen LogP contribution in [-0.2, 0) is 11.3 Å². The zero-order valence-electron chi connectivity index (χ0n) is 12.8. The smallest absolute Gasteiger partial charge is 0.227 e. The molecule has 3 aromatic rings. The number of hydrogen-bond donors (Lipinski definition) is 1. The average Bonchev–Trinajstić information content (AvgIpc) is 3.09. The van der Waals surface area contributed by atoms with E-state index in [2.05, 4.69) is 15.5 Å². The van der Waals surface area contributed by atoms with Crippen LogP contribution < -0.4 is 5.32 Å². The van der Waals surface area contributed by atoms with Crippen molar-refractivity contribution in [2.75, 3.05) is 0 Å². The lowest BCUT2D eigenvalue weighted by Crippen LogP contribution is -2.27. The third-order valence-corrected chi connectivity index (χ3v) is 4.57. The normalized spacial score (nSPS) is 11.9. The van der Waals surface area contributed by atoms with Crippen LogP contribution in [0.1, 0.15) is 23.4 Å². The van der Waals surface area contributed by atoms with E-state index >= 15 is 0 Å². The molecule has 1 heterocycles. The minimum absolute atomic E-state index is 0.00680. The van der Waals surface area contributed by atoms with E-state index in [0.717, 1.165) is 21.1 Å². The van der Waals surface area contributed by atoms with Gasteiger partial charge in [0, 0.05) is 5.56 Å². The first-order chi connectivity index (χ1) is 11.2. The SMILES string of the molecule is CC(C(=O)NCc1nnc(-c2ccccc2)s1)c1ccccc1. The zero-order valence-corrected chi connectivity index (χ0v) is 13.6. The summed E-state index contributed by atoms with van der Waals surface area (Å²) in [4.78, 5) is 12.2. The van der Waals surface area contributed by atoms with E-state index in [0.29, 0.717) is 6.54 Å². The number of benzene rings is 2. The highest BCUT2D eigenvalue weighted by molar-refractivity contribution is 7.14. The van der Waals surface area contributed by atoms with Crippen LogP contribution in [0.3, 0.4) is 0 Å². The molecular formula is C18H17N3OS. The molecule has 1 amide bonds. The van der Waals surface area contributed by atoms with Crippen molar-refractivity contribution >= 4 is 17.2 Å². The van der Waals surface area contributed by atoms with Crippen LogP contribution in [0.5, 0.6) is 0 Å². The van der Waals surface area contributed by atoms with Crippen molar-refractivity contribution in [1.29, 1.82) is 0 Å². The first-order valence-corrected chi connectivity index (χ1v) is 8.26. The molecule has 0 spiro atoms. The second-order valence-corrected chi connectivity index (χ2v) is 6.28. The van der Waals surface area contributed by atoms with E-state index in [4.69, 9.17) is 0 Å². The monoisotopic (exact) mass is 323 g/mol. The van der Waals surface area contributed by atoms with Crippen molar-refractivity contribution in [3.8, 4) is 10.6 Å². The van der Waals surface area contributed by atoms with Crippen molar-refractivity contribution in [1.82, 2.24) is 15.5 Å². The van der Waals surface area contributed by atoms with Crippen LogP contribution in [0.15, 0.2) is 60.7 Å². The summed E-state index contributed by atoms with van der Waals surface area (Å²) in [6.07, 6.45) is 0. The van der Waals surface area contributed by atoms with Gasteiger partial charge in [0.2, 0.25) is 5.91 Å². The minimum atomic E-state index is -0.183. The van der Waals surface area contributed by atoms with Gasteiger partial charge >= 0.3 is 0 Å². The molecule has 1 aromatic heterocycles. The zero-order chi connectivity index (χ0) is 16.1. The lowest BCUT2D eigenvalue weighted by molar-refractivity contribution is -0.122. The number of amides is 1. The first-order valence-electron chi connectivity index (χ1n) is 7.44. The Kier molecular flexibility index (Phi) is 4.78. The summed E-state index contributed by atoms with van der Waals surface area (Å²) in [6.45, 7) is 2.31. The molecule has 3 rings (SSSR count). The van der Waals surface area contributed by atoms with Gasteiger partial charge in [0.25, 0.3) is 0 Å². The lowest BCUT2D eigenvalue weighted by Gasteiger charge is -2.11. The molecule has 0 aliphatic heterocycles. The van der Waals surface area contributed by atoms with Gasteiger partial charge in [0.15, 0.2) is 0 Å². The summed E-state index contributed by atoms with van der Waals surface area (Å²) in [7, 11) is 0. The van der Waals surface area contributed by atoms with Gasteiger partial charge in [-0.15, -0.1) is 10.2 Å². The second kappa shape index (κ2) is 7.15. The maximum Gasteiger partial charge on any atom is 0.227 e. The van der Waals surface area contributed by atoms with Crippen molar-refractivity contribution in [2.24, 2.45) is 0 Å². The van der Waals surface area contributed by atoms with Gasteiger partial charge in [-0.2, -0.15) is 0 Å². The number of nitrogens with zero attached hydrogens (tertiary/aromatic N) is 2. The van der Waals surface area contributed by atoms with E-state index in [-0.39, 0.29) is 11.8 Å². The summed E-state index contributed by atoms with van der Waals surface area (Å²) in [5.41, 5.74) is 2.05. The van der Waals surface area contributed by atoms with E-state index in [9.17, 15) is 4.79 Å². The number of nitrogens with one attached hydrogen (secondary N) is 1. The Hall–Kier alpha value is -2.53. The second-order valence-electron chi connectivity index (χ2n) is 5.22. The summed E-state index contributed by atoms with van der Waals surface area (Å²) in [5, 5.41) is 12.9. The standard InChI is InChI=1S/C18H17N3OS/c1-13(14-8-4-2-5-9-14)17(22)19-12-16-20-21-18(23-16)15-10-6-3-7-11-15/h2-11,13H,12H2,1H3,(H,19,22). The summed E-state index contributed by atoms with van der Waals surface area (Å²) < 4.78 is 0. The third kappa shape index (κ3) is 3.81. The largest absolute Gasteiger partial charge is 0.349 e.